The van der Waals surface area contributed by atoms with Gasteiger partial charge in [0.05, 0.1) is 13.5 Å². The van der Waals surface area contributed by atoms with Crippen molar-refractivity contribution in [1.29, 1.82) is 0 Å². The third kappa shape index (κ3) is 3.71. The molecule has 1 aromatic heterocycles. The Morgan fingerprint density at radius 2 is 2.27 bits per heavy atom. The van der Waals surface area contributed by atoms with Crippen molar-refractivity contribution in [2.45, 2.75) is 6.42 Å². The average Bonchev–Trinajstić information content (AvgIpc) is 2.26. The Morgan fingerprint density at radius 3 is 2.80 bits per heavy atom. The number of esters is 1. The monoisotopic (exact) mass is 229 g/mol. The fourth-order valence-electron chi connectivity index (χ4n) is 0.988. The van der Waals surface area contributed by atoms with Gasteiger partial charge in [-0.3, -0.25) is 4.79 Å². The van der Waals surface area contributed by atoms with Gasteiger partial charge in [0.1, 0.15) is 0 Å². The van der Waals surface area contributed by atoms with Crippen LogP contribution in [0, 0.1) is 0 Å². The number of anilines is 1. The number of methoxy groups -OCH3 is 1. The van der Waals surface area contributed by atoms with Gasteiger partial charge in [-0.15, -0.1) is 10.2 Å². The van der Waals surface area contributed by atoms with Gasteiger partial charge in [0.2, 0.25) is 0 Å². The van der Waals surface area contributed by atoms with Crippen molar-refractivity contribution in [3.05, 3.63) is 17.3 Å². The number of carbonyl (C=O) groups is 1. The topological polar surface area (TPSA) is 55.3 Å². The highest BCUT2D eigenvalue weighted by molar-refractivity contribution is 6.29. The molecule has 0 atom stereocenters. The highest BCUT2D eigenvalue weighted by Crippen LogP contribution is 2.10. The Hall–Kier alpha value is -1.36. The lowest BCUT2D eigenvalue weighted by Gasteiger charge is -2.16. The molecule has 5 nitrogen and oxygen atoms in total. The number of rotatable bonds is 4. The summed E-state index contributed by atoms with van der Waals surface area (Å²) in [6.45, 7) is 0.531. The molecular weight excluding hydrogens is 218 g/mol. The maximum absolute atomic E-state index is 10.9. The van der Waals surface area contributed by atoms with Crippen molar-refractivity contribution >= 4 is 23.4 Å². The smallest absolute Gasteiger partial charge is 0.307 e. The number of carbonyl (C=O) groups excluding carboxylic acids is 1. The van der Waals surface area contributed by atoms with Crippen LogP contribution in [0.25, 0.3) is 0 Å². The molecule has 0 radical (unpaired) electrons. The summed E-state index contributed by atoms with van der Waals surface area (Å²) >= 11 is 5.60. The van der Waals surface area contributed by atoms with Crippen LogP contribution in [0.15, 0.2) is 12.1 Å². The molecule has 0 unspecified atom stereocenters. The minimum Gasteiger partial charge on any atom is -0.469 e. The van der Waals surface area contributed by atoms with Gasteiger partial charge in [-0.2, -0.15) is 0 Å². The van der Waals surface area contributed by atoms with Gasteiger partial charge in [0.25, 0.3) is 0 Å². The van der Waals surface area contributed by atoms with E-state index in [1.807, 2.05) is 7.05 Å². The van der Waals surface area contributed by atoms with Gasteiger partial charge in [-0.05, 0) is 12.1 Å². The van der Waals surface area contributed by atoms with Gasteiger partial charge in [-0.1, -0.05) is 11.6 Å². The minimum absolute atomic E-state index is 0.247. The number of nitrogens with zero attached hydrogens (tertiary/aromatic N) is 3. The van der Waals surface area contributed by atoms with Gasteiger partial charge in [-0.25, -0.2) is 0 Å². The highest BCUT2D eigenvalue weighted by Gasteiger charge is 2.06. The number of halogens is 1. The molecule has 1 aromatic rings. The zero-order valence-corrected chi connectivity index (χ0v) is 9.36. The van der Waals surface area contributed by atoms with Gasteiger partial charge in [0, 0.05) is 13.6 Å². The Balaban J connectivity index is 2.50. The molecule has 0 aliphatic rings. The number of hydrogen-bond acceptors (Lipinski definition) is 5. The molecule has 0 saturated carbocycles. The lowest BCUT2D eigenvalue weighted by atomic mass is 10.4. The Morgan fingerprint density at radius 1 is 1.53 bits per heavy atom. The van der Waals surface area contributed by atoms with Crippen molar-refractivity contribution in [2.24, 2.45) is 0 Å². The van der Waals surface area contributed by atoms with E-state index in [1.54, 1.807) is 17.0 Å². The first-order valence-corrected chi connectivity index (χ1v) is 4.78. The van der Waals surface area contributed by atoms with Crippen molar-refractivity contribution in [1.82, 2.24) is 10.2 Å². The molecule has 1 rings (SSSR count). The highest BCUT2D eigenvalue weighted by atomic mass is 35.5. The van der Waals surface area contributed by atoms with Crippen LogP contribution in [0.3, 0.4) is 0 Å². The zero-order valence-electron chi connectivity index (χ0n) is 8.61. The predicted octanol–water partition coefficient (Wildman–Crippen LogP) is 1.13. The van der Waals surface area contributed by atoms with Crippen LogP contribution in [-0.4, -0.2) is 36.9 Å². The van der Waals surface area contributed by atoms with E-state index >= 15 is 0 Å². The summed E-state index contributed by atoms with van der Waals surface area (Å²) in [4.78, 5) is 12.7. The number of hydrogen-bond donors (Lipinski definition) is 0. The molecular formula is C9H12ClN3O2. The fraction of sp³-hybridized carbons (Fsp3) is 0.444. The quantitative estimate of drug-likeness (QED) is 0.725. The van der Waals surface area contributed by atoms with Crippen molar-refractivity contribution in [3.63, 3.8) is 0 Å². The molecule has 0 aliphatic heterocycles. The number of ether oxygens (including phenoxy) is 1. The molecule has 15 heavy (non-hydrogen) atoms. The molecule has 0 N–H and O–H groups in total. The van der Waals surface area contributed by atoms with E-state index in [4.69, 9.17) is 11.6 Å². The van der Waals surface area contributed by atoms with Crippen molar-refractivity contribution in [3.8, 4) is 0 Å². The van der Waals surface area contributed by atoms with E-state index in [-0.39, 0.29) is 5.97 Å². The first-order valence-electron chi connectivity index (χ1n) is 4.40. The molecule has 0 amide bonds. The number of aromatic nitrogens is 2. The van der Waals surface area contributed by atoms with Crippen LogP contribution >= 0.6 is 11.6 Å². The Labute approximate surface area is 93.0 Å². The summed E-state index contributed by atoms with van der Waals surface area (Å²) in [5, 5.41) is 7.93. The average molecular weight is 230 g/mol. The SMILES string of the molecule is COC(=O)CCN(C)c1ccc(Cl)nn1. The molecule has 0 fully saturated rings. The first kappa shape index (κ1) is 11.7. The summed E-state index contributed by atoms with van der Waals surface area (Å²) in [7, 11) is 3.19. The van der Waals surface area contributed by atoms with Crippen LogP contribution in [-0.2, 0) is 9.53 Å². The van der Waals surface area contributed by atoms with Gasteiger partial charge < -0.3 is 9.64 Å². The summed E-state index contributed by atoms with van der Waals surface area (Å²) in [6, 6.07) is 3.39. The summed E-state index contributed by atoms with van der Waals surface area (Å²) in [5.74, 6) is 0.423. The van der Waals surface area contributed by atoms with E-state index in [1.165, 1.54) is 7.11 Å². The minimum atomic E-state index is -0.247. The second kappa shape index (κ2) is 5.50. The molecule has 0 spiro atoms. The summed E-state index contributed by atoms with van der Waals surface area (Å²) < 4.78 is 4.53. The van der Waals surface area contributed by atoms with E-state index < -0.39 is 0 Å². The predicted molar refractivity (Wildman–Crippen MR) is 56.9 cm³/mol. The van der Waals surface area contributed by atoms with Crippen molar-refractivity contribution in [2.75, 3.05) is 25.6 Å². The second-order valence-corrected chi connectivity index (χ2v) is 3.35. The van der Waals surface area contributed by atoms with Crippen LogP contribution in [0.1, 0.15) is 6.42 Å². The first-order chi connectivity index (χ1) is 7.13. The molecule has 0 aromatic carbocycles. The van der Waals surface area contributed by atoms with Gasteiger partial charge in [0.15, 0.2) is 11.0 Å². The lowest BCUT2D eigenvalue weighted by Crippen LogP contribution is -2.22. The van der Waals surface area contributed by atoms with Crippen LogP contribution in [0.4, 0.5) is 5.82 Å². The summed E-state index contributed by atoms with van der Waals surface area (Å²) in [6.07, 6.45) is 0.317. The van der Waals surface area contributed by atoms with E-state index in [0.717, 1.165) is 0 Å². The molecule has 0 bridgehead atoms. The standard InChI is InChI=1S/C9H12ClN3O2/c1-13(6-5-9(14)15-2)8-4-3-7(10)11-12-8/h3-4H,5-6H2,1-2H3. The Bertz CT molecular complexity index is 329. The summed E-state index contributed by atoms with van der Waals surface area (Å²) in [5.41, 5.74) is 0. The molecule has 0 saturated heterocycles. The van der Waals surface area contributed by atoms with E-state index in [9.17, 15) is 4.79 Å². The van der Waals surface area contributed by atoms with E-state index in [0.29, 0.717) is 23.9 Å². The Kier molecular flexibility index (Phi) is 4.30. The molecule has 82 valence electrons. The lowest BCUT2D eigenvalue weighted by molar-refractivity contribution is -0.140. The molecule has 0 aliphatic carbocycles. The maximum atomic E-state index is 10.9. The fourth-order valence-corrected chi connectivity index (χ4v) is 1.09. The normalized spacial score (nSPS) is 9.80. The van der Waals surface area contributed by atoms with Crippen LogP contribution < -0.4 is 4.90 Å². The zero-order chi connectivity index (χ0) is 11.3. The van der Waals surface area contributed by atoms with E-state index in [2.05, 4.69) is 14.9 Å². The van der Waals surface area contributed by atoms with Crippen molar-refractivity contribution < 1.29 is 9.53 Å². The molecule has 1 heterocycles. The second-order valence-electron chi connectivity index (χ2n) is 2.96. The van der Waals surface area contributed by atoms with Crippen LogP contribution in [0.2, 0.25) is 5.15 Å². The molecule has 6 heteroatoms. The largest absolute Gasteiger partial charge is 0.469 e. The third-order valence-electron chi connectivity index (χ3n) is 1.89. The van der Waals surface area contributed by atoms with Gasteiger partial charge >= 0.3 is 5.97 Å². The maximum Gasteiger partial charge on any atom is 0.307 e. The third-order valence-corrected chi connectivity index (χ3v) is 2.09. The van der Waals surface area contributed by atoms with Crippen LogP contribution in [0.5, 0.6) is 0 Å².